The molecule has 2 N–H and O–H groups in total. The molecule has 2 aliphatic rings. The summed E-state index contributed by atoms with van der Waals surface area (Å²) in [5.74, 6) is 1.15. The Balaban J connectivity index is 1.95. The highest BCUT2D eigenvalue weighted by Crippen LogP contribution is 2.41. The fraction of sp³-hybridized carbons (Fsp3) is 0.714. The van der Waals surface area contributed by atoms with Crippen molar-refractivity contribution < 1.29 is 4.79 Å². The number of nitrogens with one attached hydrogen (secondary N) is 2. The van der Waals surface area contributed by atoms with Gasteiger partial charge in [0.25, 0.3) is 0 Å². The molecule has 0 unspecified atom stereocenters. The van der Waals surface area contributed by atoms with Crippen molar-refractivity contribution in [3.63, 3.8) is 0 Å². The third kappa shape index (κ3) is 1.91. The molecule has 0 aromatic carbocycles. The molecule has 1 saturated carbocycles. The number of aromatic nitrogens is 2. The van der Waals surface area contributed by atoms with Crippen molar-refractivity contribution in [1.29, 1.82) is 0 Å². The largest absolute Gasteiger partial charge is 0.367 e. The summed E-state index contributed by atoms with van der Waals surface area (Å²) in [5.41, 5.74) is 1.54. The second kappa shape index (κ2) is 4.54. The number of hydrogen-bond acceptors (Lipinski definition) is 3. The van der Waals surface area contributed by atoms with Crippen LogP contribution in [-0.2, 0) is 11.3 Å². The highest BCUT2D eigenvalue weighted by Gasteiger charge is 2.42. The van der Waals surface area contributed by atoms with Crippen molar-refractivity contribution in [2.45, 2.75) is 52.5 Å². The Morgan fingerprint density at radius 1 is 1.32 bits per heavy atom. The van der Waals surface area contributed by atoms with Crippen LogP contribution in [0.3, 0.4) is 0 Å². The van der Waals surface area contributed by atoms with E-state index in [-0.39, 0.29) is 11.3 Å². The number of rotatable bonds is 1. The summed E-state index contributed by atoms with van der Waals surface area (Å²) < 4.78 is 1.94. The minimum absolute atomic E-state index is 0.178. The summed E-state index contributed by atoms with van der Waals surface area (Å²) in [4.78, 5) is 12.6. The van der Waals surface area contributed by atoms with Crippen molar-refractivity contribution in [3.8, 4) is 0 Å². The monoisotopic (exact) mass is 262 g/mol. The van der Waals surface area contributed by atoms with Gasteiger partial charge in [-0.25, -0.2) is 4.68 Å². The fourth-order valence-electron chi connectivity index (χ4n) is 3.35. The van der Waals surface area contributed by atoms with Gasteiger partial charge in [0.15, 0.2) is 0 Å². The van der Waals surface area contributed by atoms with Gasteiger partial charge in [0.05, 0.1) is 11.1 Å². The van der Waals surface area contributed by atoms with Crippen LogP contribution in [0.2, 0.25) is 0 Å². The van der Waals surface area contributed by atoms with Crippen molar-refractivity contribution in [1.82, 2.24) is 9.78 Å². The van der Waals surface area contributed by atoms with Gasteiger partial charge in [-0.1, -0.05) is 19.3 Å². The van der Waals surface area contributed by atoms with Crippen molar-refractivity contribution in [2.24, 2.45) is 5.41 Å². The lowest BCUT2D eigenvalue weighted by Gasteiger charge is -2.34. The molecule has 1 aliphatic heterocycles. The van der Waals surface area contributed by atoms with Gasteiger partial charge < -0.3 is 10.6 Å². The number of aryl methyl sites for hydroxylation is 2. The Hall–Kier alpha value is -1.52. The first-order valence-electron chi connectivity index (χ1n) is 7.29. The first-order valence-corrected chi connectivity index (χ1v) is 7.29. The summed E-state index contributed by atoms with van der Waals surface area (Å²) in [5, 5.41) is 11.1. The first kappa shape index (κ1) is 12.5. The number of anilines is 2. The van der Waals surface area contributed by atoms with Gasteiger partial charge in [-0.2, -0.15) is 5.10 Å². The molecular formula is C14H22N4O. The molecule has 0 atom stereocenters. The third-order valence-electron chi connectivity index (χ3n) is 4.55. The van der Waals surface area contributed by atoms with Gasteiger partial charge in [0.1, 0.15) is 11.5 Å². The predicted molar refractivity (Wildman–Crippen MR) is 75.3 cm³/mol. The Kier molecular flexibility index (Phi) is 2.99. The fourth-order valence-corrected chi connectivity index (χ4v) is 3.35. The van der Waals surface area contributed by atoms with Crippen LogP contribution in [0.1, 0.15) is 44.7 Å². The van der Waals surface area contributed by atoms with Crippen molar-refractivity contribution in [2.75, 3.05) is 17.2 Å². The highest BCUT2D eigenvalue weighted by molar-refractivity contribution is 6.00. The first-order chi connectivity index (χ1) is 9.16. The molecule has 0 bridgehead atoms. The number of amides is 1. The van der Waals surface area contributed by atoms with Crippen LogP contribution >= 0.6 is 0 Å². The van der Waals surface area contributed by atoms with E-state index in [4.69, 9.17) is 0 Å². The van der Waals surface area contributed by atoms with E-state index < -0.39 is 0 Å². The maximum Gasteiger partial charge on any atom is 0.232 e. The van der Waals surface area contributed by atoms with E-state index >= 15 is 0 Å². The molecule has 2 heterocycles. The van der Waals surface area contributed by atoms with E-state index in [0.717, 1.165) is 56.0 Å². The topological polar surface area (TPSA) is 59.0 Å². The van der Waals surface area contributed by atoms with Gasteiger partial charge in [-0.05, 0) is 26.7 Å². The smallest absolute Gasteiger partial charge is 0.232 e. The Bertz CT molecular complexity index is 500. The number of fused-ring (bicyclic) bond motifs is 1. The lowest BCUT2D eigenvalue weighted by molar-refractivity contribution is -0.126. The Morgan fingerprint density at radius 2 is 2.05 bits per heavy atom. The second-order valence-corrected chi connectivity index (χ2v) is 5.77. The maximum absolute atomic E-state index is 12.6. The average Bonchev–Trinajstić information content (AvgIpc) is 2.66. The maximum atomic E-state index is 12.6. The molecule has 0 radical (unpaired) electrons. The van der Waals surface area contributed by atoms with Crippen LogP contribution in [-0.4, -0.2) is 22.2 Å². The van der Waals surface area contributed by atoms with Gasteiger partial charge in [0.2, 0.25) is 5.91 Å². The van der Waals surface area contributed by atoms with E-state index in [9.17, 15) is 4.79 Å². The molecule has 1 fully saturated rings. The van der Waals surface area contributed by atoms with Crippen LogP contribution < -0.4 is 10.6 Å². The lowest BCUT2D eigenvalue weighted by atomic mass is 9.73. The van der Waals surface area contributed by atoms with E-state index in [1.807, 2.05) is 11.6 Å². The molecule has 1 spiro atoms. The molecule has 104 valence electrons. The van der Waals surface area contributed by atoms with Gasteiger partial charge in [0, 0.05) is 13.1 Å². The standard InChI is InChI=1S/C14H22N4O/c1-3-18-12-11(10(2)17-18)16-13(19)14(9-15-12)7-5-4-6-8-14/h15H,3-9H2,1-2H3,(H,16,19). The average molecular weight is 262 g/mol. The van der Waals surface area contributed by atoms with Gasteiger partial charge in [-0.3, -0.25) is 4.79 Å². The second-order valence-electron chi connectivity index (χ2n) is 5.77. The summed E-state index contributed by atoms with van der Waals surface area (Å²) in [6.45, 7) is 5.56. The molecule has 1 amide bonds. The van der Waals surface area contributed by atoms with Gasteiger partial charge >= 0.3 is 0 Å². The number of nitrogens with zero attached hydrogens (tertiary/aromatic N) is 2. The van der Waals surface area contributed by atoms with Crippen LogP contribution in [0.25, 0.3) is 0 Å². The molecule has 0 saturated heterocycles. The Labute approximate surface area is 113 Å². The number of hydrogen-bond donors (Lipinski definition) is 2. The van der Waals surface area contributed by atoms with Crippen LogP contribution in [0, 0.1) is 12.3 Å². The molecule has 3 rings (SSSR count). The quantitative estimate of drug-likeness (QED) is 0.817. The number of carbonyl (C=O) groups is 1. The lowest BCUT2D eigenvalue weighted by Crippen LogP contribution is -2.41. The van der Waals surface area contributed by atoms with E-state index in [1.54, 1.807) is 0 Å². The zero-order valence-corrected chi connectivity index (χ0v) is 11.8. The van der Waals surface area contributed by atoms with E-state index in [0.29, 0.717) is 0 Å². The molecule has 1 aliphatic carbocycles. The normalized spacial score (nSPS) is 21.5. The molecular weight excluding hydrogens is 240 g/mol. The van der Waals surface area contributed by atoms with Crippen molar-refractivity contribution >= 4 is 17.4 Å². The highest BCUT2D eigenvalue weighted by atomic mass is 16.2. The minimum atomic E-state index is -0.220. The van der Waals surface area contributed by atoms with Crippen LogP contribution in [0.4, 0.5) is 11.5 Å². The molecule has 5 nitrogen and oxygen atoms in total. The SMILES string of the molecule is CCn1nc(C)c2c1NCC1(CCCCC1)C(=O)N2. The molecule has 19 heavy (non-hydrogen) atoms. The predicted octanol–water partition coefficient (Wildman–Crippen LogP) is 2.53. The summed E-state index contributed by atoms with van der Waals surface area (Å²) in [6, 6.07) is 0. The van der Waals surface area contributed by atoms with Gasteiger partial charge in [-0.15, -0.1) is 0 Å². The summed E-state index contributed by atoms with van der Waals surface area (Å²) in [7, 11) is 0. The zero-order chi connectivity index (χ0) is 13.5. The molecule has 5 heteroatoms. The van der Waals surface area contributed by atoms with Crippen molar-refractivity contribution in [3.05, 3.63) is 5.69 Å². The van der Waals surface area contributed by atoms with E-state index in [2.05, 4.69) is 22.7 Å². The molecule has 1 aromatic rings. The summed E-state index contributed by atoms with van der Waals surface area (Å²) >= 11 is 0. The number of carbonyl (C=O) groups excluding carboxylic acids is 1. The minimum Gasteiger partial charge on any atom is -0.367 e. The molecule has 1 aromatic heterocycles. The zero-order valence-electron chi connectivity index (χ0n) is 11.8. The summed E-state index contributed by atoms with van der Waals surface area (Å²) in [6.07, 6.45) is 5.56. The van der Waals surface area contributed by atoms with Crippen LogP contribution in [0.15, 0.2) is 0 Å². The Morgan fingerprint density at radius 3 is 2.74 bits per heavy atom. The van der Waals surface area contributed by atoms with E-state index in [1.165, 1.54) is 6.42 Å². The third-order valence-corrected chi connectivity index (χ3v) is 4.55. The van der Waals surface area contributed by atoms with Crippen LogP contribution in [0.5, 0.6) is 0 Å².